The number of carbonyl (C=O) groups is 1. The van der Waals surface area contributed by atoms with Gasteiger partial charge in [0.25, 0.3) is 0 Å². The van der Waals surface area contributed by atoms with Gasteiger partial charge in [-0.2, -0.15) is 0 Å². The molecule has 0 radical (unpaired) electrons. The van der Waals surface area contributed by atoms with Crippen LogP contribution in [0, 0.1) is 5.92 Å². The van der Waals surface area contributed by atoms with E-state index in [2.05, 4.69) is 18.8 Å². The van der Waals surface area contributed by atoms with Crippen molar-refractivity contribution in [2.24, 2.45) is 16.6 Å². The van der Waals surface area contributed by atoms with E-state index in [0.29, 0.717) is 18.9 Å². The summed E-state index contributed by atoms with van der Waals surface area (Å²) in [6, 6.07) is 5.68. The number of amidine groups is 1. The topological polar surface area (TPSA) is 88.1 Å². The van der Waals surface area contributed by atoms with Gasteiger partial charge in [-0.3, -0.25) is 4.79 Å². The second-order valence-corrected chi connectivity index (χ2v) is 7.08. The summed E-state index contributed by atoms with van der Waals surface area (Å²) in [5.41, 5.74) is 7.94. The number of nitrogens with two attached hydrogens (primary N) is 1. The summed E-state index contributed by atoms with van der Waals surface area (Å²) in [5.74, 6) is 0.249. The van der Waals surface area contributed by atoms with E-state index in [0.717, 1.165) is 35.8 Å². The van der Waals surface area contributed by atoms with Gasteiger partial charge in [-0.1, -0.05) is 19.9 Å². The Morgan fingerprint density at radius 1 is 1.48 bits per heavy atom. The zero-order valence-electron chi connectivity index (χ0n) is 15.5. The molecule has 0 saturated heterocycles. The third-order valence-electron chi connectivity index (χ3n) is 4.45. The van der Waals surface area contributed by atoms with E-state index in [9.17, 15) is 9.90 Å². The first-order chi connectivity index (χ1) is 11.8. The Kier molecular flexibility index (Phi) is 6.56. The normalized spacial score (nSPS) is 20.0. The molecule has 0 fully saturated rings. The number of aliphatic imine (C=N–C) groups is 1. The van der Waals surface area contributed by atoms with Crippen LogP contribution in [0.2, 0.25) is 0 Å². The molecule has 1 aliphatic rings. The summed E-state index contributed by atoms with van der Waals surface area (Å²) in [6.07, 6.45) is -0.285. The minimum atomic E-state index is -0.742. The molecule has 2 rings (SSSR count). The fourth-order valence-corrected chi connectivity index (χ4v) is 2.98. The van der Waals surface area contributed by atoms with Crippen LogP contribution in [0.3, 0.4) is 0 Å². The number of carbonyl (C=O) groups excluding carboxylic acids is 1. The molecule has 0 aliphatic heterocycles. The molecule has 6 nitrogen and oxygen atoms in total. The number of aliphatic hydroxyl groups is 1. The van der Waals surface area contributed by atoms with E-state index < -0.39 is 17.9 Å². The Balaban J connectivity index is 2.04. The van der Waals surface area contributed by atoms with Gasteiger partial charge in [-0.15, -0.1) is 0 Å². The Morgan fingerprint density at radius 3 is 2.84 bits per heavy atom. The number of rotatable bonds is 7. The lowest BCUT2D eigenvalue weighted by Gasteiger charge is -2.19. The molecule has 3 N–H and O–H groups in total. The second-order valence-electron chi connectivity index (χ2n) is 7.08. The molecule has 0 spiro atoms. The molecule has 2 atom stereocenters. The standard InChI is InChI=1S/C19H29N3O3/c1-12(2)11-25-8-7-22(4)13(3)21-15-6-5-14-9-17(23)18(19(20)24)16(14)10-15/h5-6,10,12,17-18,23H,7-9,11H2,1-4H3,(H2,20,24)/t17-,18-/m1/s1. The first kappa shape index (κ1) is 19.4. The highest BCUT2D eigenvalue weighted by Gasteiger charge is 2.35. The fraction of sp³-hybridized carbons (Fsp3) is 0.579. The van der Waals surface area contributed by atoms with E-state index in [4.69, 9.17) is 10.5 Å². The lowest BCUT2D eigenvalue weighted by Crippen LogP contribution is -2.28. The average molecular weight is 347 g/mol. The van der Waals surface area contributed by atoms with E-state index in [1.165, 1.54) is 0 Å². The molecule has 0 aromatic heterocycles. The lowest BCUT2D eigenvalue weighted by molar-refractivity contribution is -0.121. The largest absolute Gasteiger partial charge is 0.392 e. The number of amides is 1. The summed E-state index contributed by atoms with van der Waals surface area (Å²) >= 11 is 0. The number of likely N-dealkylation sites (N-methyl/N-ethyl adjacent to an activating group) is 1. The maximum atomic E-state index is 11.6. The van der Waals surface area contributed by atoms with E-state index in [1.54, 1.807) is 0 Å². The van der Waals surface area contributed by atoms with Crippen molar-refractivity contribution in [1.82, 2.24) is 4.90 Å². The van der Waals surface area contributed by atoms with Gasteiger partial charge in [0.15, 0.2) is 0 Å². The number of hydrogen-bond donors (Lipinski definition) is 2. The summed E-state index contributed by atoms with van der Waals surface area (Å²) < 4.78 is 5.60. The maximum Gasteiger partial charge on any atom is 0.227 e. The van der Waals surface area contributed by atoms with Gasteiger partial charge in [0.2, 0.25) is 5.91 Å². The van der Waals surface area contributed by atoms with Crippen molar-refractivity contribution in [3.05, 3.63) is 29.3 Å². The summed E-state index contributed by atoms with van der Waals surface area (Å²) in [7, 11) is 1.97. The third-order valence-corrected chi connectivity index (χ3v) is 4.45. The van der Waals surface area contributed by atoms with E-state index in [-0.39, 0.29) is 0 Å². The van der Waals surface area contributed by atoms with Gasteiger partial charge >= 0.3 is 0 Å². The molecule has 138 valence electrons. The van der Waals surface area contributed by atoms with Gasteiger partial charge in [0.1, 0.15) is 5.84 Å². The fourth-order valence-electron chi connectivity index (χ4n) is 2.98. The van der Waals surface area contributed by atoms with Crippen LogP contribution in [0.15, 0.2) is 23.2 Å². The van der Waals surface area contributed by atoms with Crippen LogP contribution >= 0.6 is 0 Å². The van der Waals surface area contributed by atoms with Crippen molar-refractivity contribution in [2.45, 2.75) is 39.2 Å². The summed E-state index contributed by atoms with van der Waals surface area (Å²) in [4.78, 5) is 18.3. The minimum absolute atomic E-state index is 0.457. The first-order valence-electron chi connectivity index (χ1n) is 8.74. The predicted molar refractivity (Wildman–Crippen MR) is 99.1 cm³/mol. The van der Waals surface area contributed by atoms with Crippen molar-refractivity contribution in [3.63, 3.8) is 0 Å². The smallest absolute Gasteiger partial charge is 0.227 e. The Hall–Kier alpha value is -1.92. The highest BCUT2D eigenvalue weighted by molar-refractivity contribution is 5.85. The van der Waals surface area contributed by atoms with E-state index in [1.807, 2.05) is 37.1 Å². The quantitative estimate of drug-likeness (QED) is 0.447. The SMILES string of the molecule is CC(=Nc1ccc2c(c1)[C@@H](C(N)=O)[C@H](O)C2)N(C)CCOCC(C)C. The number of hydrogen-bond acceptors (Lipinski definition) is 4. The Labute approximate surface area is 149 Å². The molecule has 0 bridgehead atoms. The van der Waals surface area contributed by atoms with Crippen LogP contribution in [-0.4, -0.2) is 54.7 Å². The second kappa shape index (κ2) is 8.45. The van der Waals surface area contributed by atoms with Crippen molar-refractivity contribution in [1.29, 1.82) is 0 Å². The maximum absolute atomic E-state index is 11.6. The highest BCUT2D eigenvalue weighted by Crippen LogP contribution is 2.35. The average Bonchev–Trinajstić information content (AvgIpc) is 2.86. The number of fused-ring (bicyclic) bond motifs is 1. The van der Waals surface area contributed by atoms with Crippen LogP contribution in [0.1, 0.15) is 37.8 Å². The minimum Gasteiger partial charge on any atom is -0.392 e. The van der Waals surface area contributed by atoms with Crippen LogP contribution in [-0.2, 0) is 16.0 Å². The number of primary amides is 1. The van der Waals surface area contributed by atoms with E-state index >= 15 is 0 Å². The molecule has 25 heavy (non-hydrogen) atoms. The predicted octanol–water partition coefficient (Wildman–Crippen LogP) is 1.83. The molecule has 6 heteroatoms. The Bertz CT molecular complexity index is 643. The molecule has 1 aromatic rings. The molecule has 0 saturated carbocycles. The highest BCUT2D eigenvalue weighted by atomic mass is 16.5. The number of aliphatic hydroxyl groups excluding tert-OH is 1. The molecule has 0 unspecified atom stereocenters. The molecule has 1 aromatic carbocycles. The van der Waals surface area contributed by atoms with Gasteiger partial charge in [-0.05, 0) is 42.5 Å². The number of ether oxygens (including phenoxy) is 1. The van der Waals surface area contributed by atoms with Gasteiger partial charge in [0.05, 0.1) is 24.3 Å². The zero-order valence-corrected chi connectivity index (χ0v) is 15.5. The Morgan fingerprint density at radius 2 is 2.20 bits per heavy atom. The molecule has 1 aliphatic carbocycles. The lowest BCUT2D eigenvalue weighted by atomic mass is 9.99. The number of nitrogens with zero attached hydrogens (tertiary/aromatic N) is 2. The van der Waals surface area contributed by atoms with Gasteiger partial charge < -0.3 is 20.5 Å². The third kappa shape index (κ3) is 5.03. The van der Waals surface area contributed by atoms with Crippen LogP contribution in [0.4, 0.5) is 5.69 Å². The summed E-state index contributed by atoms with van der Waals surface area (Å²) in [5, 5.41) is 10.0. The first-order valence-corrected chi connectivity index (χ1v) is 8.74. The number of benzene rings is 1. The van der Waals surface area contributed by atoms with Crippen LogP contribution in [0.25, 0.3) is 0 Å². The zero-order chi connectivity index (χ0) is 18.6. The van der Waals surface area contributed by atoms with Crippen molar-refractivity contribution in [3.8, 4) is 0 Å². The van der Waals surface area contributed by atoms with Gasteiger partial charge in [-0.25, -0.2) is 4.99 Å². The molecule has 0 heterocycles. The van der Waals surface area contributed by atoms with Crippen LogP contribution in [0.5, 0.6) is 0 Å². The van der Waals surface area contributed by atoms with Crippen molar-refractivity contribution >= 4 is 17.4 Å². The molecule has 1 amide bonds. The monoisotopic (exact) mass is 347 g/mol. The van der Waals surface area contributed by atoms with Crippen molar-refractivity contribution in [2.75, 3.05) is 26.8 Å². The molecular weight excluding hydrogens is 318 g/mol. The summed E-state index contributed by atoms with van der Waals surface area (Å²) in [6.45, 7) is 8.36. The molecular formula is C19H29N3O3. The van der Waals surface area contributed by atoms with Crippen molar-refractivity contribution < 1.29 is 14.6 Å². The van der Waals surface area contributed by atoms with Gasteiger partial charge in [0, 0.05) is 20.2 Å². The van der Waals surface area contributed by atoms with Crippen LogP contribution < -0.4 is 5.73 Å².